The van der Waals surface area contributed by atoms with Gasteiger partial charge < -0.3 is 14.0 Å². The molecule has 0 bridgehead atoms. The zero-order valence-electron chi connectivity index (χ0n) is 17.0. The van der Waals surface area contributed by atoms with Gasteiger partial charge in [0.15, 0.2) is 16.3 Å². The third kappa shape index (κ3) is 4.12. The van der Waals surface area contributed by atoms with Crippen LogP contribution in [0.15, 0.2) is 41.4 Å². The normalized spacial score (nSPS) is 12.0. The number of hydrogen-bond donors (Lipinski definition) is 0. The van der Waals surface area contributed by atoms with Crippen molar-refractivity contribution < 1.29 is 14.3 Å². The SMILES string of the molecule is CCn1c(=NC(=O)Cc2ccc(OC)c(OC)c2)sc2cc(C(C)C)ccc21. The molecule has 0 spiro atoms. The Morgan fingerprint density at radius 1 is 1.11 bits per heavy atom. The van der Waals surface area contributed by atoms with Gasteiger partial charge in [0, 0.05) is 6.54 Å². The Bertz CT molecular complexity index is 1060. The van der Waals surface area contributed by atoms with E-state index in [1.54, 1.807) is 31.6 Å². The van der Waals surface area contributed by atoms with Gasteiger partial charge in [0.2, 0.25) is 0 Å². The standard InChI is InChI=1S/C22H26N2O3S/c1-6-24-17-9-8-16(14(2)3)13-20(17)28-22(24)23-21(25)12-15-7-10-18(26-4)19(11-15)27-5/h7-11,13-14H,6,12H2,1-5H3. The van der Waals surface area contributed by atoms with E-state index >= 15 is 0 Å². The molecule has 0 aliphatic heterocycles. The second kappa shape index (κ2) is 8.61. The van der Waals surface area contributed by atoms with Gasteiger partial charge >= 0.3 is 0 Å². The first-order valence-electron chi connectivity index (χ1n) is 9.38. The number of ether oxygens (including phenoxy) is 2. The number of aromatic nitrogens is 1. The zero-order valence-corrected chi connectivity index (χ0v) is 17.8. The summed E-state index contributed by atoms with van der Waals surface area (Å²) in [5.41, 5.74) is 3.26. The Balaban J connectivity index is 1.94. The summed E-state index contributed by atoms with van der Waals surface area (Å²) in [5.74, 6) is 1.54. The molecule has 1 heterocycles. The summed E-state index contributed by atoms with van der Waals surface area (Å²) in [6, 6.07) is 12.0. The molecule has 148 valence electrons. The molecular formula is C22H26N2O3S. The van der Waals surface area contributed by atoms with Gasteiger partial charge in [-0.15, -0.1) is 0 Å². The number of rotatable bonds is 6. The van der Waals surface area contributed by atoms with E-state index in [0.717, 1.165) is 27.1 Å². The van der Waals surface area contributed by atoms with Crippen LogP contribution in [0.5, 0.6) is 11.5 Å². The van der Waals surface area contributed by atoms with Crippen molar-refractivity contribution in [1.29, 1.82) is 0 Å². The fourth-order valence-corrected chi connectivity index (χ4v) is 4.31. The van der Waals surface area contributed by atoms with E-state index in [0.29, 0.717) is 17.4 Å². The van der Waals surface area contributed by atoms with Crippen molar-refractivity contribution in [3.05, 3.63) is 52.3 Å². The molecule has 0 radical (unpaired) electrons. The van der Waals surface area contributed by atoms with Gasteiger partial charge in [-0.3, -0.25) is 4.79 Å². The number of carbonyl (C=O) groups is 1. The van der Waals surface area contributed by atoms with Crippen LogP contribution in [-0.2, 0) is 17.8 Å². The summed E-state index contributed by atoms with van der Waals surface area (Å²) < 4.78 is 13.8. The van der Waals surface area contributed by atoms with Gasteiger partial charge in [0.1, 0.15) is 0 Å². The van der Waals surface area contributed by atoms with Crippen molar-refractivity contribution in [2.24, 2.45) is 4.99 Å². The number of methoxy groups -OCH3 is 2. The molecule has 0 saturated heterocycles. The van der Waals surface area contributed by atoms with E-state index in [2.05, 4.69) is 48.5 Å². The number of thiazole rings is 1. The number of hydrogen-bond acceptors (Lipinski definition) is 4. The first kappa shape index (κ1) is 20.1. The molecule has 0 unspecified atom stereocenters. The Labute approximate surface area is 169 Å². The van der Waals surface area contributed by atoms with Crippen molar-refractivity contribution in [2.45, 2.75) is 39.7 Å². The summed E-state index contributed by atoms with van der Waals surface area (Å²) in [6.07, 6.45) is 0.218. The maximum atomic E-state index is 12.6. The molecule has 3 aromatic rings. The third-order valence-electron chi connectivity index (χ3n) is 4.71. The first-order chi connectivity index (χ1) is 13.5. The molecular weight excluding hydrogens is 372 g/mol. The summed E-state index contributed by atoms with van der Waals surface area (Å²) in [7, 11) is 3.17. The molecule has 0 saturated carbocycles. The number of fused-ring (bicyclic) bond motifs is 1. The van der Waals surface area contributed by atoms with Crippen LogP contribution < -0.4 is 14.3 Å². The highest BCUT2D eigenvalue weighted by Crippen LogP contribution is 2.28. The van der Waals surface area contributed by atoms with Crippen LogP contribution in [0.25, 0.3) is 10.2 Å². The molecule has 1 amide bonds. The monoisotopic (exact) mass is 398 g/mol. The van der Waals surface area contributed by atoms with Crippen LogP contribution in [-0.4, -0.2) is 24.7 Å². The number of nitrogens with zero attached hydrogens (tertiary/aromatic N) is 2. The van der Waals surface area contributed by atoms with Crippen molar-refractivity contribution in [1.82, 2.24) is 4.57 Å². The molecule has 3 rings (SSSR count). The van der Waals surface area contributed by atoms with E-state index in [4.69, 9.17) is 9.47 Å². The van der Waals surface area contributed by atoms with Crippen molar-refractivity contribution in [3.63, 3.8) is 0 Å². The minimum Gasteiger partial charge on any atom is -0.493 e. The van der Waals surface area contributed by atoms with Gasteiger partial charge in [-0.2, -0.15) is 4.99 Å². The first-order valence-corrected chi connectivity index (χ1v) is 10.2. The van der Waals surface area contributed by atoms with Crippen molar-refractivity contribution >= 4 is 27.5 Å². The lowest BCUT2D eigenvalue weighted by atomic mass is 10.0. The highest BCUT2D eigenvalue weighted by Gasteiger charge is 2.11. The van der Waals surface area contributed by atoms with Crippen LogP contribution in [0.3, 0.4) is 0 Å². The van der Waals surface area contributed by atoms with E-state index in [9.17, 15) is 4.79 Å². The number of carbonyl (C=O) groups excluding carboxylic acids is 1. The van der Waals surface area contributed by atoms with Crippen LogP contribution in [0.1, 0.15) is 37.8 Å². The fourth-order valence-electron chi connectivity index (χ4n) is 3.15. The zero-order chi connectivity index (χ0) is 20.3. The van der Waals surface area contributed by atoms with E-state index in [-0.39, 0.29) is 12.3 Å². The van der Waals surface area contributed by atoms with Gasteiger partial charge in [0.05, 0.1) is 30.9 Å². The highest BCUT2D eigenvalue weighted by molar-refractivity contribution is 7.16. The van der Waals surface area contributed by atoms with E-state index in [1.165, 1.54) is 5.56 Å². The second-order valence-corrected chi connectivity index (χ2v) is 7.89. The molecule has 0 aliphatic carbocycles. The maximum absolute atomic E-state index is 12.6. The van der Waals surface area contributed by atoms with Gasteiger partial charge in [-0.25, -0.2) is 0 Å². The Kier molecular flexibility index (Phi) is 6.19. The molecule has 0 fully saturated rings. The molecule has 2 aromatic carbocycles. The Morgan fingerprint density at radius 3 is 2.50 bits per heavy atom. The Morgan fingerprint density at radius 2 is 1.86 bits per heavy atom. The molecule has 0 atom stereocenters. The smallest absolute Gasteiger partial charge is 0.252 e. The van der Waals surface area contributed by atoms with E-state index in [1.807, 2.05) is 12.1 Å². The third-order valence-corrected chi connectivity index (χ3v) is 5.75. The number of aryl methyl sites for hydroxylation is 1. The minimum atomic E-state index is -0.176. The molecule has 28 heavy (non-hydrogen) atoms. The van der Waals surface area contributed by atoms with Gasteiger partial charge in [-0.1, -0.05) is 37.3 Å². The summed E-state index contributed by atoms with van der Waals surface area (Å²) >= 11 is 1.56. The molecule has 5 nitrogen and oxygen atoms in total. The van der Waals surface area contributed by atoms with Crippen LogP contribution in [0.2, 0.25) is 0 Å². The van der Waals surface area contributed by atoms with Crippen molar-refractivity contribution in [2.75, 3.05) is 14.2 Å². The predicted molar refractivity (Wildman–Crippen MR) is 113 cm³/mol. The lowest BCUT2D eigenvalue weighted by Crippen LogP contribution is -2.16. The summed E-state index contributed by atoms with van der Waals surface area (Å²) in [4.78, 5) is 17.8. The largest absolute Gasteiger partial charge is 0.493 e. The maximum Gasteiger partial charge on any atom is 0.252 e. The molecule has 6 heteroatoms. The molecule has 0 aliphatic rings. The van der Waals surface area contributed by atoms with Crippen LogP contribution in [0.4, 0.5) is 0 Å². The minimum absolute atomic E-state index is 0.176. The lowest BCUT2D eigenvalue weighted by Gasteiger charge is -2.08. The Hall–Kier alpha value is -2.60. The van der Waals surface area contributed by atoms with E-state index < -0.39 is 0 Å². The summed E-state index contributed by atoms with van der Waals surface area (Å²) in [5, 5.41) is 0. The van der Waals surface area contributed by atoms with Crippen molar-refractivity contribution in [3.8, 4) is 11.5 Å². The topological polar surface area (TPSA) is 52.8 Å². The second-order valence-electron chi connectivity index (χ2n) is 6.88. The number of amides is 1. The number of benzene rings is 2. The van der Waals surface area contributed by atoms with Crippen LogP contribution in [0, 0.1) is 0 Å². The fraction of sp³-hybridized carbons (Fsp3) is 0.364. The summed E-state index contributed by atoms with van der Waals surface area (Å²) in [6.45, 7) is 7.20. The lowest BCUT2D eigenvalue weighted by molar-refractivity contribution is -0.117. The average molecular weight is 399 g/mol. The molecule has 1 aromatic heterocycles. The van der Waals surface area contributed by atoms with Gasteiger partial charge in [-0.05, 0) is 48.2 Å². The highest BCUT2D eigenvalue weighted by atomic mass is 32.1. The predicted octanol–water partition coefficient (Wildman–Crippen LogP) is 4.53. The van der Waals surface area contributed by atoms with Crippen LogP contribution >= 0.6 is 11.3 Å². The molecule has 0 N–H and O–H groups in total. The average Bonchev–Trinajstić information content (AvgIpc) is 3.03. The quantitative estimate of drug-likeness (QED) is 0.613. The van der Waals surface area contributed by atoms with Gasteiger partial charge in [0.25, 0.3) is 5.91 Å².